The van der Waals surface area contributed by atoms with E-state index < -0.39 is 17.3 Å². The van der Waals surface area contributed by atoms with Gasteiger partial charge in [0.15, 0.2) is 0 Å². The van der Waals surface area contributed by atoms with Crippen molar-refractivity contribution in [1.82, 2.24) is 0 Å². The number of nitriles is 1. The first kappa shape index (κ1) is 14.3. The van der Waals surface area contributed by atoms with Gasteiger partial charge in [-0.25, -0.2) is 0 Å². The molecule has 3 nitrogen and oxygen atoms in total. The summed E-state index contributed by atoms with van der Waals surface area (Å²) in [5, 5.41) is 11.8. The number of anilines is 1. The molecule has 0 unspecified atom stereocenters. The molecule has 1 aromatic rings. The molecule has 0 radical (unpaired) electrons. The smallest absolute Gasteiger partial charge is 0.378 e. The third kappa shape index (κ3) is 3.37. The molecule has 0 aromatic heterocycles. The molecule has 98 valence electrons. The van der Waals surface area contributed by atoms with Crippen LogP contribution in [0.25, 0.3) is 0 Å². The Balaban J connectivity index is 3.14. The Labute approximate surface area is 103 Å². The molecule has 0 amide bonds. The molecule has 0 bridgehead atoms. The molecular formula is C12H14F3N3. The molecule has 0 spiro atoms. The van der Waals surface area contributed by atoms with Crippen molar-refractivity contribution in [1.29, 1.82) is 5.26 Å². The Hall–Kier alpha value is -1.74. The van der Waals surface area contributed by atoms with Crippen molar-refractivity contribution >= 4 is 5.69 Å². The van der Waals surface area contributed by atoms with Gasteiger partial charge in [-0.3, -0.25) is 0 Å². The molecule has 0 saturated carbocycles. The second kappa shape index (κ2) is 4.86. The van der Waals surface area contributed by atoms with Gasteiger partial charge in [0.25, 0.3) is 0 Å². The predicted molar refractivity (Wildman–Crippen MR) is 62.9 cm³/mol. The van der Waals surface area contributed by atoms with Crippen LogP contribution >= 0.6 is 0 Å². The average molecular weight is 257 g/mol. The van der Waals surface area contributed by atoms with E-state index in [1.54, 1.807) is 19.9 Å². The molecule has 6 heteroatoms. The van der Waals surface area contributed by atoms with Crippen LogP contribution in [0, 0.1) is 11.3 Å². The van der Waals surface area contributed by atoms with Gasteiger partial charge in [0, 0.05) is 12.1 Å². The van der Waals surface area contributed by atoms with Gasteiger partial charge in [-0.05, 0) is 32.0 Å². The van der Waals surface area contributed by atoms with Crippen molar-refractivity contribution in [2.75, 3.05) is 11.9 Å². The Morgan fingerprint density at radius 1 is 1.33 bits per heavy atom. The molecular weight excluding hydrogens is 243 g/mol. The van der Waals surface area contributed by atoms with E-state index in [4.69, 9.17) is 11.0 Å². The van der Waals surface area contributed by atoms with Crippen molar-refractivity contribution < 1.29 is 13.2 Å². The molecule has 18 heavy (non-hydrogen) atoms. The highest BCUT2D eigenvalue weighted by molar-refractivity contribution is 5.60. The van der Waals surface area contributed by atoms with Crippen molar-refractivity contribution in [2.24, 2.45) is 5.73 Å². The van der Waals surface area contributed by atoms with Crippen LogP contribution in [0.1, 0.15) is 25.0 Å². The molecule has 3 N–H and O–H groups in total. The second-order valence-corrected chi connectivity index (χ2v) is 4.58. The molecule has 0 saturated heterocycles. The number of nitrogens with two attached hydrogens (primary N) is 1. The zero-order valence-corrected chi connectivity index (χ0v) is 10.1. The summed E-state index contributed by atoms with van der Waals surface area (Å²) in [5.74, 6) is 0. The molecule has 0 atom stereocenters. The summed E-state index contributed by atoms with van der Waals surface area (Å²) < 4.78 is 37.5. The zero-order chi connectivity index (χ0) is 14.0. The molecule has 0 aliphatic heterocycles. The fourth-order valence-electron chi connectivity index (χ4n) is 1.34. The Kier molecular flexibility index (Phi) is 3.87. The summed E-state index contributed by atoms with van der Waals surface area (Å²) in [6, 6.07) is 4.77. The van der Waals surface area contributed by atoms with E-state index in [0.717, 1.165) is 12.1 Å². The van der Waals surface area contributed by atoms with Crippen LogP contribution in [0.4, 0.5) is 18.9 Å². The van der Waals surface area contributed by atoms with Crippen LogP contribution in [-0.4, -0.2) is 12.1 Å². The minimum absolute atomic E-state index is 0.0497. The average Bonchev–Trinajstić information content (AvgIpc) is 2.27. The minimum Gasteiger partial charge on any atom is -0.378 e. The van der Waals surface area contributed by atoms with E-state index in [2.05, 4.69) is 5.32 Å². The largest absolute Gasteiger partial charge is 0.416 e. The summed E-state index contributed by atoms with van der Waals surface area (Å²) in [6.45, 7) is 3.89. The summed E-state index contributed by atoms with van der Waals surface area (Å²) in [5.41, 5.74) is 4.49. The molecule has 0 aliphatic carbocycles. The standard InChI is InChI=1S/C12H14F3N3/c1-11(2,7-17)18-10-4-3-9(12(13,14)15)5-8(10)6-16/h3-5,18H,7,17H2,1-2H3. The Morgan fingerprint density at radius 3 is 2.39 bits per heavy atom. The highest BCUT2D eigenvalue weighted by atomic mass is 19.4. The zero-order valence-electron chi connectivity index (χ0n) is 10.1. The van der Waals surface area contributed by atoms with Crippen molar-refractivity contribution in [2.45, 2.75) is 25.6 Å². The van der Waals surface area contributed by atoms with Crippen LogP contribution in [0.5, 0.6) is 0 Å². The van der Waals surface area contributed by atoms with E-state index in [1.807, 2.05) is 0 Å². The van der Waals surface area contributed by atoms with Gasteiger partial charge in [0.05, 0.1) is 16.8 Å². The van der Waals surface area contributed by atoms with Crippen molar-refractivity contribution in [3.63, 3.8) is 0 Å². The van der Waals surface area contributed by atoms with Gasteiger partial charge in [-0.2, -0.15) is 18.4 Å². The lowest BCUT2D eigenvalue weighted by molar-refractivity contribution is -0.137. The topological polar surface area (TPSA) is 61.8 Å². The van der Waals surface area contributed by atoms with Gasteiger partial charge < -0.3 is 11.1 Å². The van der Waals surface area contributed by atoms with Crippen LogP contribution in [0.3, 0.4) is 0 Å². The first-order valence-electron chi connectivity index (χ1n) is 5.29. The van der Waals surface area contributed by atoms with Crippen LogP contribution in [0.15, 0.2) is 18.2 Å². The minimum atomic E-state index is -4.45. The third-order valence-electron chi connectivity index (χ3n) is 2.45. The van der Waals surface area contributed by atoms with Crippen molar-refractivity contribution in [3.8, 4) is 6.07 Å². The molecule has 0 heterocycles. The quantitative estimate of drug-likeness (QED) is 0.875. The van der Waals surface area contributed by atoms with Crippen LogP contribution in [0.2, 0.25) is 0 Å². The summed E-state index contributed by atoms with van der Waals surface area (Å²) in [4.78, 5) is 0. The summed E-state index contributed by atoms with van der Waals surface area (Å²) in [6.07, 6.45) is -4.45. The number of benzene rings is 1. The van der Waals surface area contributed by atoms with E-state index >= 15 is 0 Å². The highest BCUT2D eigenvalue weighted by Gasteiger charge is 2.31. The highest BCUT2D eigenvalue weighted by Crippen LogP contribution is 2.32. The normalized spacial score (nSPS) is 12.1. The number of alkyl halides is 3. The SMILES string of the molecule is CC(C)(CN)Nc1ccc(C(F)(F)F)cc1C#N. The van der Waals surface area contributed by atoms with Crippen LogP contribution < -0.4 is 11.1 Å². The van der Waals surface area contributed by atoms with E-state index in [0.29, 0.717) is 12.2 Å². The number of hydrogen-bond acceptors (Lipinski definition) is 3. The second-order valence-electron chi connectivity index (χ2n) is 4.58. The molecule has 0 fully saturated rings. The summed E-state index contributed by atoms with van der Waals surface area (Å²) in [7, 11) is 0. The van der Waals surface area contributed by atoms with Gasteiger partial charge in [0.1, 0.15) is 6.07 Å². The van der Waals surface area contributed by atoms with E-state index in [1.165, 1.54) is 6.07 Å². The molecule has 1 aromatic carbocycles. The fraction of sp³-hybridized carbons (Fsp3) is 0.417. The first-order valence-corrected chi connectivity index (χ1v) is 5.29. The first-order chi connectivity index (χ1) is 8.19. The third-order valence-corrected chi connectivity index (χ3v) is 2.45. The molecule has 0 aliphatic rings. The van der Waals surface area contributed by atoms with Crippen molar-refractivity contribution in [3.05, 3.63) is 29.3 Å². The number of hydrogen-bond donors (Lipinski definition) is 2. The molecule has 1 rings (SSSR count). The van der Waals surface area contributed by atoms with Crippen LogP contribution in [-0.2, 0) is 6.18 Å². The maximum absolute atomic E-state index is 12.5. The fourth-order valence-corrected chi connectivity index (χ4v) is 1.34. The van der Waals surface area contributed by atoms with Gasteiger partial charge in [-0.1, -0.05) is 0 Å². The lowest BCUT2D eigenvalue weighted by atomic mass is 10.0. The lowest BCUT2D eigenvalue weighted by Gasteiger charge is -2.26. The Bertz CT molecular complexity index is 472. The number of rotatable bonds is 3. The summed E-state index contributed by atoms with van der Waals surface area (Å²) >= 11 is 0. The Morgan fingerprint density at radius 2 is 1.94 bits per heavy atom. The van der Waals surface area contributed by atoms with E-state index in [-0.39, 0.29) is 5.56 Å². The number of nitrogens with one attached hydrogen (secondary N) is 1. The maximum Gasteiger partial charge on any atom is 0.416 e. The monoisotopic (exact) mass is 257 g/mol. The van der Waals surface area contributed by atoms with Gasteiger partial charge in [0.2, 0.25) is 0 Å². The van der Waals surface area contributed by atoms with E-state index in [9.17, 15) is 13.2 Å². The maximum atomic E-state index is 12.5. The number of nitrogens with zero attached hydrogens (tertiary/aromatic N) is 1. The lowest BCUT2D eigenvalue weighted by Crippen LogP contribution is -2.39. The predicted octanol–water partition coefficient (Wildman–Crippen LogP) is 2.73. The van der Waals surface area contributed by atoms with Gasteiger partial charge >= 0.3 is 6.18 Å². The van der Waals surface area contributed by atoms with Gasteiger partial charge in [-0.15, -0.1) is 0 Å². The number of halogens is 3.